The molecule has 0 unspecified atom stereocenters. The normalized spacial score (nSPS) is 10.7. The second-order valence-corrected chi connectivity index (χ2v) is 2.60. The van der Waals surface area contributed by atoms with Gasteiger partial charge in [0.1, 0.15) is 6.29 Å². The number of aldehydes is 1. The minimum absolute atomic E-state index is 0.0434. The van der Waals surface area contributed by atoms with E-state index in [1.165, 1.54) is 6.07 Å². The smallest absolute Gasteiger partial charge is 0.298 e. The van der Waals surface area contributed by atoms with Crippen LogP contribution in [0, 0.1) is 12.3 Å². The number of hydrogen-bond acceptors (Lipinski definition) is 1. The van der Waals surface area contributed by atoms with E-state index < -0.39 is 11.7 Å². The quantitative estimate of drug-likeness (QED) is 0.500. The van der Waals surface area contributed by atoms with E-state index in [0.29, 0.717) is 6.29 Å². The van der Waals surface area contributed by atoms with Gasteiger partial charge in [0.15, 0.2) is 0 Å². The Morgan fingerprint density at radius 2 is 1.93 bits per heavy atom. The fraction of sp³-hybridized carbons (Fsp3) is 0.100. The zero-order valence-corrected chi connectivity index (χ0v) is 6.93. The molecule has 0 aromatic heterocycles. The van der Waals surface area contributed by atoms with Gasteiger partial charge in [0.2, 0.25) is 0 Å². The molecule has 0 aliphatic rings. The van der Waals surface area contributed by atoms with Crippen molar-refractivity contribution in [1.82, 2.24) is 0 Å². The maximum Gasteiger partial charge on any atom is 0.416 e. The number of halogens is 3. The van der Waals surface area contributed by atoms with E-state index in [2.05, 4.69) is 5.92 Å². The Labute approximate surface area is 78.5 Å². The third-order valence-electron chi connectivity index (χ3n) is 1.59. The average molecular weight is 198 g/mol. The van der Waals surface area contributed by atoms with Gasteiger partial charge >= 0.3 is 6.18 Å². The van der Waals surface area contributed by atoms with Crippen molar-refractivity contribution < 1.29 is 18.0 Å². The van der Waals surface area contributed by atoms with Crippen molar-refractivity contribution in [3.8, 4) is 12.3 Å². The highest BCUT2D eigenvalue weighted by Gasteiger charge is 2.30. The lowest BCUT2D eigenvalue weighted by Crippen LogP contribution is -2.06. The molecule has 0 amide bonds. The summed E-state index contributed by atoms with van der Waals surface area (Å²) in [5.74, 6) is 2.06. The van der Waals surface area contributed by atoms with Crippen LogP contribution in [0.5, 0.6) is 0 Å². The summed E-state index contributed by atoms with van der Waals surface area (Å²) >= 11 is 0. The lowest BCUT2D eigenvalue weighted by Gasteiger charge is -2.07. The number of hydrogen-bond donors (Lipinski definition) is 0. The number of carbonyl (C=O) groups excluding carboxylic acids is 1. The number of carbonyl (C=O) groups is 1. The van der Waals surface area contributed by atoms with E-state index in [1.807, 2.05) is 0 Å². The Balaban J connectivity index is 3.33. The van der Waals surface area contributed by atoms with Crippen molar-refractivity contribution in [3.63, 3.8) is 0 Å². The van der Waals surface area contributed by atoms with E-state index in [4.69, 9.17) is 6.42 Å². The van der Waals surface area contributed by atoms with Crippen LogP contribution >= 0.6 is 0 Å². The van der Waals surface area contributed by atoms with E-state index >= 15 is 0 Å². The number of terminal acetylenes is 1. The summed E-state index contributed by atoms with van der Waals surface area (Å²) in [7, 11) is 0. The van der Waals surface area contributed by atoms with Crippen LogP contribution in [0.25, 0.3) is 0 Å². The van der Waals surface area contributed by atoms with Crippen LogP contribution in [-0.4, -0.2) is 6.29 Å². The molecule has 0 N–H and O–H groups in total. The summed E-state index contributed by atoms with van der Waals surface area (Å²) in [6.45, 7) is 0. The van der Waals surface area contributed by atoms with Crippen LogP contribution < -0.4 is 0 Å². The lowest BCUT2D eigenvalue weighted by molar-refractivity contribution is -0.137. The summed E-state index contributed by atoms with van der Waals surface area (Å²) in [5.41, 5.74) is -0.940. The van der Waals surface area contributed by atoms with Gasteiger partial charge in [-0.15, -0.1) is 6.42 Å². The molecular weight excluding hydrogens is 193 g/mol. The second-order valence-electron chi connectivity index (χ2n) is 2.60. The van der Waals surface area contributed by atoms with Gasteiger partial charge < -0.3 is 0 Å². The SMILES string of the molecule is C#Cc1cc(C=O)cc(C(F)(F)F)c1. The molecule has 0 saturated carbocycles. The Hall–Kier alpha value is -1.76. The highest BCUT2D eigenvalue weighted by molar-refractivity contribution is 5.76. The third-order valence-corrected chi connectivity index (χ3v) is 1.59. The monoisotopic (exact) mass is 198 g/mol. The Morgan fingerprint density at radius 3 is 2.36 bits per heavy atom. The molecule has 0 heterocycles. The summed E-state index contributed by atoms with van der Waals surface area (Å²) in [5, 5.41) is 0. The third kappa shape index (κ3) is 2.13. The van der Waals surface area contributed by atoms with Gasteiger partial charge in [0.05, 0.1) is 5.56 Å². The van der Waals surface area contributed by atoms with Crippen LogP contribution in [0.4, 0.5) is 13.2 Å². The highest BCUT2D eigenvalue weighted by atomic mass is 19.4. The van der Waals surface area contributed by atoms with Crippen molar-refractivity contribution in [1.29, 1.82) is 0 Å². The minimum Gasteiger partial charge on any atom is -0.298 e. The molecule has 0 atom stereocenters. The molecule has 0 spiro atoms. The Morgan fingerprint density at radius 1 is 1.29 bits per heavy atom. The highest BCUT2D eigenvalue weighted by Crippen LogP contribution is 2.30. The van der Waals surface area contributed by atoms with Gasteiger partial charge in [-0.1, -0.05) is 5.92 Å². The number of alkyl halides is 3. The molecule has 1 aromatic rings. The zero-order valence-electron chi connectivity index (χ0n) is 6.93. The Bertz CT molecular complexity index is 399. The van der Waals surface area contributed by atoms with Gasteiger partial charge in [-0.05, 0) is 18.2 Å². The van der Waals surface area contributed by atoms with Crippen molar-refractivity contribution in [2.24, 2.45) is 0 Å². The van der Waals surface area contributed by atoms with Gasteiger partial charge in [-0.2, -0.15) is 13.2 Å². The standard InChI is InChI=1S/C10H5F3O/c1-2-7-3-8(6-14)5-9(4-7)10(11,12)13/h1,3-6H. The van der Waals surface area contributed by atoms with Gasteiger partial charge in [0, 0.05) is 11.1 Å². The molecule has 1 aromatic carbocycles. The van der Waals surface area contributed by atoms with Crippen LogP contribution in [0.2, 0.25) is 0 Å². The molecule has 0 saturated heterocycles. The predicted molar refractivity (Wildman–Crippen MR) is 44.8 cm³/mol. The van der Waals surface area contributed by atoms with E-state index in [-0.39, 0.29) is 11.1 Å². The van der Waals surface area contributed by atoms with Gasteiger partial charge in [0.25, 0.3) is 0 Å². The zero-order chi connectivity index (χ0) is 10.8. The minimum atomic E-state index is -4.48. The topological polar surface area (TPSA) is 17.1 Å². The molecule has 0 radical (unpaired) electrons. The first kappa shape index (κ1) is 10.3. The molecule has 14 heavy (non-hydrogen) atoms. The number of rotatable bonds is 1. The number of benzene rings is 1. The van der Waals surface area contributed by atoms with E-state index in [9.17, 15) is 18.0 Å². The fourth-order valence-corrected chi connectivity index (χ4v) is 0.967. The molecule has 0 fully saturated rings. The van der Waals surface area contributed by atoms with Crippen LogP contribution in [0.15, 0.2) is 18.2 Å². The second kappa shape index (κ2) is 3.54. The first-order chi connectivity index (χ1) is 6.47. The molecule has 1 nitrogen and oxygen atoms in total. The average Bonchev–Trinajstić information content (AvgIpc) is 2.15. The maximum absolute atomic E-state index is 12.2. The summed E-state index contributed by atoms with van der Waals surface area (Å²) in [4.78, 5) is 10.3. The van der Waals surface area contributed by atoms with Gasteiger partial charge in [-0.25, -0.2) is 0 Å². The first-order valence-electron chi connectivity index (χ1n) is 3.61. The maximum atomic E-state index is 12.2. The first-order valence-corrected chi connectivity index (χ1v) is 3.61. The summed E-state index contributed by atoms with van der Waals surface area (Å²) in [6, 6.07) is 2.81. The largest absolute Gasteiger partial charge is 0.416 e. The molecule has 4 heteroatoms. The lowest BCUT2D eigenvalue weighted by atomic mass is 10.1. The van der Waals surface area contributed by atoms with E-state index in [1.54, 1.807) is 0 Å². The van der Waals surface area contributed by atoms with E-state index in [0.717, 1.165) is 12.1 Å². The van der Waals surface area contributed by atoms with Crippen LogP contribution in [-0.2, 0) is 6.18 Å². The molecule has 0 aliphatic heterocycles. The van der Waals surface area contributed by atoms with Crippen molar-refractivity contribution in [3.05, 3.63) is 34.9 Å². The molecule has 1 rings (SSSR count). The van der Waals surface area contributed by atoms with Crippen molar-refractivity contribution in [2.75, 3.05) is 0 Å². The van der Waals surface area contributed by atoms with Crippen molar-refractivity contribution in [2.45, 2.75) is 6.18 Å². The Kier molecular flexibility index (Phi) is 2.61. The van der Waals surface area contributed by atoms with Gasteiger partial charge in [-0.3, -0.25) is 4.79 Å². The molecular formula is C10H5F3O. The molecule has 0 bridgehead atoms. The van der Waals surface area contributed by atoms with Crippen molar-refractivity contribution >= 4 is 6.29 Å². The molecule has 0 aliphatic carbocycles. The van der Waals surface area contributed by atoms with Crippen LogP contribution in [0.1, 0.15) is 21.5 Å². The predicted octanol–water partition coefficient (Wildman–Crippen LogP) is 2.50. The summed E-state index contributed by atoms with van der Waals surface area (Å²) in [6.07, 6.45) is 0.800. The van der Waals surface area contributed by atoms with Crippen LogP contribution in [0.3, 0.4) is 0 Å². The summed E-state index contributed by atoms with van der Waals surface area (Å²) < 4.78 is 36.7. The fourth-order valence-electron chi connectivity index (χ4n) is 0.967. The molecule has 72 valence electrons.